The summed E-state index contributed by atoms with van der Waals surface area (Å²) < 4.78 is 13.0. The summed E-state index contributed by atoms with van der Waals surface area (Å²) in [5, 5.41) is 5.64. The van der Waals surface area contributed by atoms with E-state index in [0.717, 1.165) is 22.3 Å². The Hall–Kier alpha value is -4.20. The summed E-state index contributed by atoms with van der Waals surface area (Å²) in [4.78, 5) is 25.0. The SMILES string of the molecule is COc1nc2cc(OC(C)C)ccc2cc1-c1nc2c(cnn2-c2ccccc2)c(=O)[nH]1. The molecule has 0 aliphatic carbocycles. The molecule has 0 aliphatic heterocycles. The molecule has 32 heavy (non-hydrogen) atoms. The number of hydrogen-bond acceptors (Lipinski definition) is 6. The van der Waals surface area contributed by atoms with Crippen molar-refractivity contribution >= 4 is 21.9 Å². The van der Waals surface area contributed by atoms with Crippen LogP contribution in [0.25, 0.3) is 39.0 Å². The maximum atomic E-state index is 12.8. The van der Waals surface area contributed by atoms with Gasteiger partial charge in [0.25, 0.3) is 5.56 Å². The molecule has 8 heteroatoms. The van der Waals surface area contributed by atoms with Gasteiger partial charge < -0.3 is 14.5 Å². The minimum absolute atomic E-state index is 0.0593. The van der Waals surface area contributed by atoms with Crippen LogP contribution >= 0.6 is 0 Å². The highest BCUT2D eigenvalue weighted by molar-refractivity contribution is 5.87. The van der Waals surface area contributed by atoms with Crippen LogP contribution < -0.4 is 15.0 Å². The molecule has 0 aliphatic rings. The van der Waals surface area contributed by atoms with Crippen molar-refractivity contribution in [2.75, 3.05) is 7.11 Å². The molecule has 0 unspecified atom stereocenters. The van der Waals surface area contributed by atoms with Crippen LogP contribution in [0.1, 0.15) is 13.8 Å². The molecule has 1 N–H and O–H groups in total. The van der Waals surface area contributed by atoms with E-state index in [1.165, 1.54) is 13.3 Å². The third kappa shape index (κ3) is 3.45. The average Bonchev–Trinajstić information content (AvgIpc) is 3.23. The van der Waals surface area contributed by atoms with E-state index in [1.54, 1.807) is 4.68 Å². The maximum absolute atomic E-state index is 12.8. The number of ether oxygens (including phenoxy) is 2. The maximum Gasteiger partial charge on any atom is 0.262 e. The highest BCUT2D eigenvalue weighted by Crippen LogP contribution is 2.31. The molecule has 0 atom stereocenters. The van der Waals surface area contributed by atoms with Gasteiger partial charge >= 0.3 is 0 Å². The summed E-state index contributed by atoms with van der Waals surface area (Å²) in [6.45, 7) is 3.94. The number of aromatic amines is 1. The van der Waals surface area contributed by atoms with Gasteiger partial charge in [-0.2, -0.15) is 5.10 Å². The van der Waals surface area contributed by atoms with Crippen molar-refractivity contribution < 1.29 is 9.47 Å². The van der Waals surface area contributed by atoms with Gasteiger partial charge in [0.2, 0.25) is 5.88 Å². The number of H-pyrrole nitrogens is 1. The van der Waals surface area contributed by atoms with E-state index < -0.39 is 0 Å². The summed E-state index contributed by atoms with van der Waals surface area (Å²) in [7, 11) is 1.54. The second-order valence-corrected chi connectivity index (χ2v) is 7.61. The molecular formula is C24H21N5O3. The van der Waals surface area contributed by atoms with Crippen LogP contribution in [0, 0.1) is 0 Å². The highest BCUT2D eigenvalue weighted by Gasteiger charge is 2.17. The number of fused-ring (bicyclic) bond motifs is 2. The number of hydrogen-bond donors (Lipinski definition) is 1. The predicted octanol–water partition coefficient (Wildman–Crippen LogP) is 4.12. The largest absolute Gasteiger partial charge is 0.491 e. The van der Waals surface area contributed by atoms with Crippen molar-refractivity contribution in [3.8, 4) is 28.7 Å². The quantitative estimate of drug-likeness (QED) is 0.453. The molecule has 0 fully saturated rings. The number of methoxy groups -OCH3 is 1. The van der Waals surface area contributed by atoms with Gasteiger partial charge in [-0.15, -0.1) is 0 Å². The monoisotopic (exact) mass is 427 g/mol. The lowest BCUT2D eigenvalue weighted by molar-refractivity contribution is 0.242. The van der Waals surface area contributed by atoms with E-state index >= 15 is 0 Å². The molecule has 8 nitrogen and oxygen atoms in total. The first kappa shape index (κ1) is 19.7. The van der Waals surface area contributed by atoms with Crippen LogP contribution in [0.4, 0.5) is 0 Å². The van der Waals surface area contributed by atoms with Crippen LogP contribution in [0.3, 0.4) is 0 Å². The molecule has 5 aromatic rings. The first-order valence-electron chi connectivity index (χ1n) is 10.2. The Morgan fingerprint density at radius 2 is 1.84 bits per heavy atom. The van der Waals surface area contributed by atoms with Gasteiger partial charge in [0.15, 0.2) is 5.65 Å². The Labute approximate surface area is 183 Å². The fourth-order valence-corrected chi connectivity index (χ4v) is 3.60. The molecule has 160 valence electrons. The number of aromatic nitrogens is 5. The fraction of sp³-hybridized carbons (Fsp3) is 0.167. The molecule has 0 saturated heterocycles. The zero-order chi connectivity index (χ0) is 22.2. The number of nitrogens with one attached hydrogen (secondary N) is 1. The van der Waals surface area contributed by atoms with E-state index in [0.29, 0.717) is 28.3 Å². The lowest BCUT2D eigenvalue weighted by atomic mass is 10.1. The molecule has 0 amide bonds. The van der Waals surface area contributed by atoms with Gasteiger partial charge in [0, 0.05) is 11.5 Å². The smallest absolute Gasteiger partial charge is 0.262 e. The van der Waals surface area contributed by atoms with E-state index in [2.05, 4.69) is 15.1 Å². The Morgan fingerprint density at radius 1 is 1.03 bits per heavy atom. The Bertz CT molecular complexity index is 1490. The first-order valence-corrected chi connectivity index (χ1v) is 10.2. The summed E-state index contributed by atoms with van der Waals surface area (Å²) in [5.74, 6) is 1.44. The molecule has 0 saturated carbocycles. The van der Waals surface area contributed by atoms with E-state index in [4.69, 9.17) is 14.5 Å². The summed E-state index contributed by atoms with van der Waals surface area (Å²) in [6.07, 6.45) is 1.58. The molecule has 3 heterocycles. The number of pyridine rings is 1. The van der Waals surface area contributed by atoms with Crippen molar-refractivity contribution in [3.63, 3.8) is 0 Å². The third-order valence-corrected chi connectivity index (χ3v) is 5.01. The van der Waals surface area contributed by atoms with E-state index in [9.17, 15) is 4.79 Å². The Morgan fingerprint density at radius 3 is 2.59 bits per heavy atom. The lowest BCUT2D eigenvalue weighted by Gasteiger charge is -2.12. The average molecular weight is 427 g/mol. The van der Waals surface area contributed by atoms with Crippen LogP contribution in [-0.2, 0) is 0 Å². The van der Waals surface area contributed by atoms with E-state index in [1.807, 2.05) is 68.4 Å². The Kier molecular flexibility index (Phi) is 4.82. The van der Waals surface area contributed by atoms with Crippen molar-refractivity contribution in [2.45, 2.75) is 20.0 Å². The van der Waals surface area contributed by atoms with Gasteiger partial charge in [0.05, 0.1) is 36.2 Å². The Balaban J connectivity index is 1.69. The predicted molar refractivity (Wildman–Crippen MR) is 123 cm³/mol. The van der Waals surface area contributed by atoms with Crippen LogP contribution in [0.5, 0.6) is 11.6 Å². The zero-order valence-electron chi connectivity index (χ0n) is 17.9. The van der Waals surface area contributed by atoms with Gasteiger partial charge in [-0.05, 0) is 44.2 Å². The van der Waals surface area contributed by atoms with Crippen molar-refractivity contribution in [1.29, 1.82) is 0 Å². The van der Waals surface area contributed by atoms with Crippen molar-refractivity contribution in [3.05, 3.63) is 71.1 Å². The molecular weight excluding hydrogens is 406 g/mol. The normalized spacial score (nSPS) is 11.4. The second kappa shape index (κ2) is 7.81. The minimum Gasteiger partial charge on any atom is -0.491 e. The van der Waals surface area contributed by atoms with Crippen molar-refractivity contribution in [1.82, 2.24) is 24.7 Å². The van der Waals surface area contributed by atoms with Gasteiger partial charge in [-0.3, -0.25) is 4.79 Å². The third-order valence-electron chi connectivity index (χ3n) is 5.01. The number of rotatable bonds is 5. The zero-order valence-corrected chi connectivity index (χ0v) is 17.9. The summed E-state index contributed by atoms with van der Waals surface area (Å²) >= 11 is 0. The van der Waals surface area contributed by atoms with Gasteiger partial charge in [-0.25, -0.2) is 14.6 Å². The molecule has 0 spiro atoms. The van der Waals surface area contributed by atoms with Crippen LogP contribution in [0.2, 0.25) is 0 Å². The van der Waals surface area contributed by atoms with Gasteiger partial charge in [0.1, 0.15) is 17.0 Å². The fourth-order valence-electron chi connectivity index (χ4n) is 3.60. The highest BCUT2D eigenvalue weighted by atomic mass is 16.5. The van der Waals surface area contributed by atoms with Gasteiger partial charge in [-0.1, -0.05) is 18.2 Å². The lowest BCUT2D eigenvalue weighted by Crippen LogP contribution is -2.11. The molecule has 2 aromatic carbocycles. The standard InChI is InChI=1S/C24H21N5O3/c1-14(2)32-17-10-9-15-11-18(24(31-3)26-20(15)12-17)21-27-22-19(23(30)28-21)13-25-29(22)16-7-5-4-6-8-16/h4-14H,1-3H3,(H,27,28,30). The molecule has 0 bridgehead atoms. The second-order valence-electron chi connectivity index (χ2n) is 7.61. The number of para-hydroxylation sites is 1. The summed E-state index contributed by atoms with van der Waals surface area (Å²) in [6, 6.07) is 17.1. The van der Waals surface area contributed by atoms with Crippen LogP contribution in [0.15, 0.2) is 65.6 Å². The molecule has 3 aromatic heterocycles. The molecule has 0 radical (unpaired) electrons. The minimum atomic E-state index is -0.282. The summed E-state index contributed by atoms with van der Waals surface area (Å²) in [5.41, 5.74) is 2.29. The topological polar surface area (TPSA) is 94.9 Å². The van der Waals surface area contributed by atoms with E-state index in [-0.39, 0.29) is 11.7 Å². The van der Waals surface area contributed by atoms with Crippen molar-refractivity contribution in [2.24, 2.45) is 0 Å². The molecule has 5 rings (SSSR count). The number of nitrogens with zero attached hydrogens (tertiary/aromatic N) is 4. The first-order chi connectivity index (χ1) is 15.5. The van der Waals surface area contributed by atoms with Crippen LogP contribution in [-0.4, -0.2) is 37.9 Å². The number of benzene rings is 2.